The highest BCUT2D eigenvalue weighted by molar-refractivity contribution is 14.1. The van der Waals surface area contributed by atoms with Gasteiger partial charge in [0.1, 0.15) is 11.6 Å². The third kappa shape index (κ3) is 1.64. The molecule has 3 rings (SSSR count). The molecule has 0 fully saturated rings. The van der Waals surface area contributed by atoms with E-state index in [1.54, 1.807) is 10.7 Å². The standard InChI is InChI=1S/C12H11FIN3/c13-8-4-2-6-10(11(8)14)17-9-5-1-3-7(9)12(15)16-17/h2,4,6H,1,3,5H2,(H2,15,16). The van der Waals surface area contributed by atoms with E-state index in [1.807, 2.05) is 28.7 Å². The van der Waals surface area contributed by atoms with Crippen molar-refractivity contribution in [2.24, 2.45) is 0 Å². The highest BCUT2D eigenvalue weighted by atomic mass is 127. The first-order valence-corrected chi connectivity index (χ1v) is 6.57. The molecule has 1 aliphatic rings. The van der Waals surface area contributed by atoms with Gasteiger partial charge in [-0.1, -0.05) is 6.07 Å². The first-order valence-electron chi connectivity index (χ1n) is 5.49. The first-order chi connectivity index (χ1) is 8.18. The third-order valence-electron chi connectivity index (χ3n) is 3.12. The van der Waals surface area contributed by atoms with Crippen molar-refractivity contribution in [3.63, 3.8) is 0 Å². The molecule has 0 radical (unpaired) electrons. The number of benzene rings is 1. The van der Waals surface area contributed by atoms with Crippen LogP contribution in [0.5, 0.6) is 0 Å². The van der Waals surface area contributed by atoms with Gasteiger partial charge in [-0.3, -0.25) is 0 Å². The summed E-state index contributed by atoms with van der Waals surface area (Å²) in [7, 11) is 0. The number of fused-ring (bicyclic) bond motifs is 1. The lowest BCUT2D eigenvalue weighted by Crippen LogP contribution is -2.05. The van der Waals surface area contributed by atoms with Gasteiger partial charge in [-0.2, -0.15) is 5.10 Å². The monoisotopic (exact) mass is 343 g/mol. The number of nitrogen functional groups attached to an aromatic ring is 1. The second-order valence-corrected chi connectivity index (χ2v) is 5.23. The van der Waals surface area contributed by atoms with Gasteiger partial charge >= 0.3 is 0 Å². The molecule has 1 heterocycles. The van der Waals surface area contributed by atoms with Crippen molar-refractivity contribution < 1.29 is 4.39 Å². The number of hydrogen-bond acceptors (Lipinski definition) is 2. The maximum Gasteiger partial charge on any atom is 0.149 e. The molecule has 88 valence electrons. The average molecular weight is 343 g/mol. The summed E-state index contributed by atoms with van der Waals surface area (Å²) in [5, 5.41) is 4.33. The predicted octanol–water partition coefficient (Wildman–Crippen LogP) is 2.69. The molecule has 1 aromatic carbocycles. The van der Waals surface area contributed by atoms with Crippen LogP contribution in [0.3, 0.4) is 0 Å². The fourth-order valence-corrected chi connectivity index (χ4v) is 2.91. The van der Waals surface area contributed by atoms with Gasteiger partial charge in [0.2, 0.25) is 0 Å². The van der Waals surface area contributed by atoms with E-state index in [4.69, 9.17) is 5.73 Å². The van der Waals surface area contributed by atoms with Gasteiger partial charge < -0.3 is 5.73 Å². The van der Waals surface area contributed by atoms with Gasteiger partial charge in [0.15, 0.2) is 0 Å². The molecule has 5 heteroatoms. The summed E-state index contributed by atoms with van der Waals surface area (Å²) in [6.07, 6.45) is 3.04. The molecule has 2 aromatic rings. The van der Waals surface area contributed by atoms with Crippen molar-refractivity contribution in [2.75, 3.05) is 5.73 Å². The second-order valence-electron chi connectivity index (χ2n) is 4.15. The maximum absolute atomic E-state index is 13.5. The zero-order valence-corrected chi connectivity index (χ0v) is 11.2. The van der Waals surface area contributed by atoms with Gasteiger partial charge in [-0.05, 0) is 54.0 Å². The van der Waals surface area contributed by atoms with Crippen LogP contribution in [0.1, 0.15) is 17.7 Å². The largest absolute Gasteiger partial charge is 0.382 e. The zero-order valence-electron chi connectivity index (χ0n) is 9.08. The van der Waals surface area contributed by atoms with E-state index in [2.05, 4.69) is 5.10 Å². The smallest absolute Gasteiger partial charge is 0.149 e. The van der Waals surface area contributed by atoms with Crippen LogP contribution in [-0.2, 0) is 12.8 Å². The lowest BCUT2D eigenvalue weighted by molar-refractivity contribution is 0.616. The van der Waals surface area contributed by atoms with E-state index in [-0.39, 0.29) is 5.82 Å². The Hall–Kier alpha value is -1.11. The molecule has 0 saturated carbocycles. The van der Waals surface area contributed by atoms with E-state index in [1.165, 1.54) is 6.07 Å². The van der Waals surface area contributed by atoms with Crippen molar-refractivity contribution in [3.05, 3.63) is 38.8 Å². The number of nitrogens with zero attached hydrogens (tertiary/aromatic N) is 2. The molecular formula is C12H11FIN3. The molecule has 3 nitrogen and oxygen atoms in total. The van der Waals surface area contributed by atoms with Gasteiger partial charge in [0.05, 0.1) is 9.26 Å². The van der Waals surface area contributed by atoms with Crippen LogP contribution in [-0.4, -0.2) is 9.78 Å². The molecule has 1 aromatic heterocycles. The Morgan fingerprint density at radius 1 is 1.35 bits per heavy atom. The van der Waals surface area contributed by atoms with E-state index < -0.39 is 0 Å². The molecule has 0 spiro atoms. The molecule has 0 atom stereocenters. The third-order valence-corrected chi connectivity index (χ3v) is 4.19. The predicted molar refractivity (Wildman–Crippen MR) is 72.7 cm³/mol. The normalized spacial score (nSPS) is 14.0. The van der Waals surface area contributed by atoms with Crippen molar-refractivity contribution in [1.82, 2.24) is 9.78 Å². The van der Waals surface area contributed by atoms with Crippen LogP contribution in [0.4, 0.5) is 10.2 Å². The number of halogens is 2. The molecule has 1 aliphatic carbocycles. The molecule has 0 amide bonds. The topological polar surface area (TPSA) is 43.8 Å². The van der Waals surface area contributed by atoms with Crippen LogP contribution in [0, 0.1) is 9.39 Å². The van der Waals surface area contributed by atoms with Crippen molar-refractivity contribution >= 4 is 28.4 Å². The summed E-state index contributed by atoms with van der Waals surface area (Å²) < 4.78 is 15.9. The minimum absolute atomic E-state index is 0.219. The summed E-state index contributed by atoms with van der Waals surface area (Å²) in [6, 6.07) is 5.03. The Morgan fingerprint density at radius 3 is 3.00 bits per heavy atom. The molecule has 0 bridgehead atoms. The summed E-state index contributed by atoms with van der Waals surface area (Å²) in [4.78, 5) is 0. The molecule has 0 unspecified atom stereocenters. The van der Waals surface area contributed by atoms with Crippen LogP contribution in [0.25, 0.3) is 5.69 Å². The SMILES string of the molecule is Nc1nn(-c2cccc(F)c2I)c2c1CCC2. The number of nitrogens with two attached hydrogens (primary N) is 1. The van der Waals surface area contributed by atoms with Crippen LogP contribution >= 0.6 is 22.6 Å². The number of aromatic nitrogens is 2. The quantitative estimate of drug-likeness (QED) is 0.810. The minimum Gasteiger partial charge on any atom is -0.382 e. The fraction of sp³-hybridized carbons (Fsp3) is 0.250. The number of hydrogen-bond donors (Lipinski definition) is 1. The second kappa shape index (κ2) is 3.97. The Morgan fingerprint density at radius 2 is 2.18 bits per heavy atom. The van der Waals surface area contributed by atoms with E-state index in [0.29, 0.717) is 9.39 Å². The molecule has 0 saturated heterocycles. The summed E-state index contributed by atoms with van der Waals surface area (Å²) >= 11 is 2.01. The lowest BCUT2D eigenvalue weighted by Gasteiger charge is -2.08. The molecule has 2 N–H and O–H groups in total. The van der Waals surface area contributed by atoms with E-state index in [9.17, 15) is 4.39 Å². The van der Waals surface area contributed by atoms with Crippen molar-refractivity contribution in [1.29, 1.82) is 0 Å². The summed E-state index contributed by atoms with van der Waals surface area (Å²) in [5.74, 6) is 0.362. The average Bonchev–Trinajstić information content (AvgIpc) is 2.87. The molecule has 17 heavy (non-hydrogen) atoms. The highest BCUT2D eigenvalue weighted by Crippen LogP contribution is 2.30. The first kappa shape index (κ1) is 11.0. The van der Waals surface area contributed by atoms with Crippen molar-refractivity contribution in [3.8, 4) is 5.69 Å². The minimum atomic E-state index is -0.219. The summed E-state index contributed by atoms with van der Waals surface area (Å²) in [6.45, 7) is 0. The molecular weight excluding hydrogens is 332 g/mol. The van der Waals surface area contributed by atoms with Gasteiger partial charge in [0, 0.05) is 11.3 Å². The molecule has 0 aliphatic heterocycles. The van der Waals surface area contributed by atoms with Crippen molar-refractivity contribution in [2.45, 2.75) is 19.3 Å². The van der Waals surface area contributed by atoms with Gasteiger partial charge in [-0.25, -0.2) is 9.07 Å². The number of rotatable bonds is 1. The van der Waals surface area contributed by atoms with Crippen LogP contribution in [0.15, 0.2) is 18.2 Å². The van der Waals surface area contributed by atoms with Crippen LogP contribution < -0.4 is 5.73 Å². The Labute approximate surface area is 112 Å². The Bertz CT molecular complexity index is 592. The van der Waals surface area contributed by atoms with Gasteiger partial charge in [-0.15, -0.1) is 0 Å². The lowest BCUT2D eigenvalue weighted by atomic mass is 10.2. The van der Waals surface area contributed by atoms with Gasteiger partial charge in [0.25, 0.3) is 0 Å². The zero-order chi connectivity index (χ0) is 12.0. The van der Waals surface area contributed by atoms with Crippen LogP contribution in [0.2, 0.25) is 0 Å². The Kier molecular flexibility index (Phi) is 2.57. The highest BCUT2D eigenvalue weighted by Gasteiger charge is 2.22. The number of anilines is 1. The van der Waals surface area contributed by atoms with E-state index >= 15 is 0 Å². The summed E-state index contributed by atoms with van der Waals surface area (Å²) in [5.41, 5.74) is 8.93. The maximum atomic E-state index is 13.5. The Balaban J connectivity index is 2.23. The van der Waals surface area contributed by atoms with E-state index in [0.717, 1.165) is 36.2 Å². The fourth-order valence-electron chi connectivity index (χ4n) is 2.32.